The van der Waals surface area contributed by atoms with Gasteiger partial charge in [-0.3, -0.25) is 4.79 Å². The Labute approximate surface area is 119 Å². The first-order valence-electron chi connectivity index (χ1n) is 7.16. The van der Waals surface area contributed by atoms with E-state index in [4.69, 9.17) is 5.73 Å². The van der Waals surface area contributed by atoms with Crippen LogP contribution in [0.1, 0.15) is 52.2 Å². The Morgan fingerprint density at radius 3 is 2.40 bits per heavy atom. The fourth-order valence-electron chi connectivity index (χ4n) is 2.67. The van der Waals surface area contributed by atoms with Crippen molar-refractivity contribution in [2.24, 2.45) is 0 Å². The maximum atomic E-state index is 12.5. The van der Waals surface area contributed by atoms with Gasteiger partial charge in [0, 0.05) is 16.8 Å². The SMILES string of the molecule is Cc1ccc(N)c(C(=O)c2ccc(C3CCC3)cc2)c1. The molecule has 2 aromatic carbocycles. The molecule has 0 amide bonds. The molecule has 0 atom stereocenters. The van der Waals surface area contributed by atoms with Crippen LogP contribution in [0.4, 0.5) is 5.69 Å². The van der Waals surface area contributed by atoms with Crippen LogP contribution < -0.4 is 5.73 Å². The lowest BCUT2D eigenvalue weighted by Crippen LogP contribution is -2.09. The van der Waals surface area contributed by atoms with Crippen LogP contribution in [0.15, 0.2) is 42.5 Å². The molecule has 1 aliphatic carbocycles. The molecule has 2 aromatic rings. The van der Waals surface area contributed by atoms with Crippen LogP contribution in [-0.2, 0) is 0 Å². The lowest BCUT2D eigenvalue weighted by Gasteiger charge is -2.25. The van der Waals surface area contributed by atoms with Crippen LogP contribution in [0.3, 0.4) is 0 Å². The van der Waals surface area contributed by atoms with Gasteiger partial charge < -0.3 is 5.73 Å². The summed E-state index contributed by atoms with van der Waals surface area (Å²) in [4.78, 5) is 12.5. The van der Waals surface area contributed by atoms with Crippen molar-refractivity contribution in [3.05, 3.63) is 64.7 Å². The first-order valence-corrected chi connectivity index (χ1v) is 7.16. The monoisotopic (exact) mass is 265 g/mol. The molecule has 0 bridgehead atoms. The van der Waals surface area contributed by atoms with E-state index >= 15 is 0 Å². The van der Waals surface area contributed by atoms with E-state index in [1.54, 1.807) is 6.07 Å². The molecular weight excluding hydrogens is 246 g/mol. The third kappa shape index (κ3) is 2.34. The summed E-state index contributed by atoms with van der Waals surface area (Å²) in [7, 11) is 0. The van der Waals surface area contributed by atoms with E-state index in [1.165, 1.54) is 24.8 Å². The van der Waals surface area contributed by atoms with Crippen molar-refractivity contribution < 1.29 is 4.79 Å². The van der Waals surface area contributed by atoms with Gasteiger partial charge >= 0.3 is 0 Å². The maximum absolute atomic E-state index is 12.5. The molecule has 2 nitrogen and oxygen atoms in total. The van der Waals surface area contributed by atoms with Gasteiger partial charge in [0.25, 0.3) is 0 Å². The summed E-state index contributed by atoms with van der Waals surface area (Å²) in [6.45, 7) is 1.97. The van der Waals surface area contributed by atoms with Crippen molar-refractivity contribution in [1.82, 2.24) is 0 Å². The zero-order chi connectivity index (χ0) is 14.1. The van der Waals surface area contributed by atoms with Gasteiger partial charge in [-0.1, -0.05) is 42.3 Å². The molecule has 0 heterocycles. The molecule has 1 fully saturated rings. The highest BCUT2D eigenvalue weighted by Crippen LogP contribution is 2.36. The first kappa shape index (κ1) is 12.9. The topological polar surface area (TPSA) is 43.1 Å². The second-order valence-corrected chi connectivity index (χ2v) is 5.67. The van der Waals surface area contributed by atoms with Crippen LogP contribution in [0.25, 0.3) is 0 Å². The average Bonchev–Trinajstić information content (AvgIpc) is 2.40. The van der Waals surface area contributed by atoms with Crippen molar-refractivity contribution in [3.63, 3.8) is 0 Å². The third-order valence-electron chi connectivity index (χ3n) is 4.20. The van der Waals surface area contributed by atoms with Gasteiger partial charge in [-0.2, -0.15) is 0 Å². The molecule has 3 rings (SSSR count). The first-order chi connectivity index (χ1) is 9.65. The Morgan fingerprint density at radius 2 is 1.80 bits per heavy atom. The summed E-state index contributed by atoms with van der Waals surface area (Å²) in [5, 5.41) is 0. The van der Waals surface area contributed by atoms with E-state index in [0.717, 1.165) is 5.56 Å². The van der Waals surface area contributed by atoms with Crippen LogP contribution in [0.5, 0.6) is 0 Å². The molecule has 2 N–H and O–H groups in total. The number of carbonyl (C=O) groups excluding carboxylic acids is 1. The molecule has 1 aliphatic rings. The number of ketones is 1. The van der Waals surface area contributed by atoms with Gasteiger partial charge in [0.05, 0.1) is 0 Å². The van der Waals surface area contributed by atoms with Crippen LogP contribution in [0, 0.1) is 6.92 Å². The fraction of sp³-hybridized carbons (Fsp3) is 0.278. The van der Waals surface area contributed by atoms with E-state index in [1.807, 2.05) is 31.2 Å². The molecule has 0 saturated heterocycles. The lowest BCUT2D eigenvalue weighted by molar-refractivity contribution is 0.103. The number of hydrogen-bond donors (Lipinski definition) is 1. The van der Waals surface area contributed by atoms with E-state index in [2.05, 4.69) is 12.1 Å². The number of rotatable bonds is 3. The van der Waals surface area contributed by atoms with Crippen molar-refractivity contribution in [2.75, 3.05) is 5.73 Å². The largest absolute Gasteiger partial charge is 0.398 e. The third-order valence-corrected chi connectivity index (χ3v) is 4.20. The Hall–Kier alpha value is -2.09. The highest BCUT2D eigenvalue weighted by atomic mass is 16.1. The summed E-state index contributed by atoms with van der Waals surface area (Å²) in [5.41, 5.74) is 10.2. The number of nitrogen functional groups attached to an aromatic ring is 1. The van der Waals surface area contributed by atoms with Gasteiger partial charge in [-0.15, -0.1) is 0 Å². The van der Waals surface area contributed by atoms with Crippen molar-refractivity contribution in [1.29, 1.82) is 0 Å². The van der Waals surface area contributed by atoms with Gasteiger partial charge in [-0.25, -0.2) is 0 Å². The molecule has 0 radical (unpaired) electrons. The Balaban J connectivity index is 1.88. The van der Waals surface area contributed by atoms with Gasteiger partial charge in [0.15, 0.2) is 5.78 Å². The Morgan fingerprint density at radius 1 is 1.10 bits per heavy atom. The summed E-state index contributed by atoms with van der Waals surface area (Å²) < 4.78 is 0. The van der Waals surface area contributed by atoms with E-state index in [9.17, 15) is 4.79 Å². The highest BCUT2D eigenvalue weighted by Gasteiger charge is 2.20. The van der Waals surface area contributed by atoms with E-state index in [-0.39, 0.29) is 5.78 Å². The predicted octanol–water partition coefficient (Wildman–Crippen LogP) is 4.08. The lowest BCUT2D eigenvalue weighted by atomic mass is 9.80. The van der Waals surface area contributed by atoms with E-state index < -0.39 is 0 Å². The quantitative estimate of drug-likeness (QED) is 0.671. The van der Waals surface area contributed by atoms with Crippen molar-refractivity contribution >= 4 is 11.5 Å². The van der Waals surface area contributed by atoms with Crippen LogP contribution in [0.2, 0.25) is 0 Å². The van der Waals surface area contributed by atoms with Gasteiger partial charge in [0.1, 0.15) is 0 Å². The fourth-order valence-corrected chi connectivity index (χ4v) is 2.67. The molecule has 0 aromatic heterocycles. The molecule has 0 aliphatic heterocycles. The van der Waals surface area contributed by atoms with Crippen LogP contribution in [-0.4, -0.2) is 5.78 Å². The zero-order valence-electron chi connectivity index (χ0n) is 11.7. The van der Waals surface area contributed by atoms with Crippen molar-refractivity contribution in [3.8, 4) is 0 Å². The number of aryl methyl sites for hydroxylation is 1. The number of anilines is 1. The zero-order valence-corrected chi connectivity index (χ0v) is 11.7. The smallest absolute Gasteiger partial charge is 0.195 e. The summed E-state index contributed by atoms with van der Waals surface area (Å²) in [6.07, 6.45) is 3.88. The normalized spacial score (nSPS) is 14.8. The standard InChI is InChI=1S/C18H19NO/c1-12-5-10-17(19)16(11-12)18(20)15-8-6-14(7-9-15)13-3-2-4-13/h5-11,13H,2-4,19H2,1H3. The minimum absolute atomic E-state index is 0.00589. The number of nitrogens with two attached hydrogens (primary N) is 1. The van der Waals surface area contributed by atoms with Crippen LogP contribution >= 0.6 is 0 Å². The molecule has 0 unspecified atom stereocenters. The molecule has 1 saturated carbocycles. The molecule has 20 heavy (non-hydrogen) atoms. The Kier molecular flexibility index (Phi) is 3.31. The summed E-state index contributed by atoms with van der Waals surface area (Å²) in [6, 6.07) is 13.6. The average molecular weight is 265 g/mol. The number of carbonyl (C=O) groups is 1. The van der Waals surface area contributed by atoms with Crippen molar-refractivity contribution in [2.45, 2.75) is 32.1 Å². The molecule has 0 spiro atoms. The maximum Gasteiger partial charge on any atom is 0.195 e. The minimum Gasteiger partial charge on any atom is -0.398 e. The molecule has 2 heteroatoms. The highest BCUT2D eigenvalue weighted by molar-refractivity contribution is 6.12. The summed E-state index contributed by atoms with van der Waals surface area (Å²) >= 11 is 0. The van der Waals surface area contributed by atoms with E-state index in [0.29, 0.717) is 22.7 Å². The summed E-state index contributed by atoms with van der Waals surface area (Å²) in [5.74, 6) is 0.703. The number of hydrogen-bond acceptors (Lipinski definition) is 2. The minimum atomic E-state index is 0.00589. The Bertz CT molecular complexity index is 639. The van der Waals surface area contributed by atoms with Gasteiger partial charge in [0.2, 0.25) is 0 Å². The molecular formula is C18H19NO. The van der Waals surface area contributed by atoms with Gasteiger partial charge in [-0.05, 0) is 43.4 Å². The second-order valence-electron chi connectivity index (χ2n) is 5.67. The predicted molar refractivity (Wildman–Crippen MR) is 82.1 cm³/mol. The molecule has 102 valence electrons. The second kappa shape index (κ2) is 5.12. The number of benzene rings is 2.